The number of carbonyl (C=O) groups excluding carboxylic acids is 3. The molecule has 0 saturated carbocycles. The number of aliphatic hydroxyl groups excluding tert-OH is 1. The molecule has 11 nitrogen and oxygen atoms in total. The Bertz CT molecular complexity index is 1320. The van der Waals surface area contributed by atoms with Gasteiger partial charge in [0.05, 0.1) is 29.6 Å². The molecule has 3 amide bonds. The molecule has 4 aliphatic rings. The molecule has 1 spiro atoms. The number of β-amino-alcohol motifs (C(OH)–C–C–N with tert-alkyl or cyclic N) is 1. The topological polar surface area (TPSA) is 121 Å². The van der Waals surface area contributed by atoms with E-state index < -0.39 is 29.1 Å². The van der Waals surface area contributed by atoms with Gasteiger partial charge in [-0.2, -0.15) is 0 Å². The first kappa shape index (κ1) is 22.9. The second kappa shape index (κ2) is 7.97. The SMILES string of the molecule is CN1CC=C[C@]2(C)O[C@]34C=CCN(Cn5nnc6ccccc65)C(=O)C3N(CCO)C(=O)[C@@H]4[C@@H]2C1=O. The maximum absolute atomic E-state index is 14.1. The summed E-state index contributed by atoms with van der Waals surface area (Å²) in [6.45, 7) is 2.28. The normalized spacial score (nSPS) is 33.7. The number of nitrogens with zero attached hydrogens (tertiary/aromatic N) is 6. The van der Waals surface area contributed by atoms with Crippen molar-refractivity contribution in [3.63, 3.8) is 0 Å². The van der Waals surface area contributed by atoms with Gasteiger partial charge in [-0.25, -0.2) is 4.68 Å². The van der Waals surface area contributed by atoms with Gasteiger partial charge in [0.15, 0.2) is 0 Å². The van der Waals surface area contributed by atoms with Crippen LogP contribution in [0.25, 0.3) is 11.0 Å². The Morgan fingerprint density at radius 1 is 1.06 bits per heavy atom. The number of rotatable bonds is 4. The number of benzene rings is 1. The molecular weight excluding hydrogens is 464 g/mol. The average molecular weight is 493 g/mol. The van der Waals surface area contributed by atoms with E-state index >= 15 is 0 Å². The lowest BCUT2D eigenvalue weighted by atomic mass is 9.74. The molecule has 0 radical (unpaired) electrons. The van der Waals surface area contributed by atoms with Crippen molar-refractivity contribution in [2.75, 3.05) is 33.3 Å². The number of likely N-dealkylation sites (tertiary alicyclic amines) is 1. The molecular formula is C25H28N6O5. The quantitative estimate of drug-likeness (QED) is 0.586. The van der Waals surface area contributed by atoms with Gasteiger partial charge in [-0.1, -0.05) is 41.7 Å². The number of likely N-dealkylation sites (N-methyl/N-ethyl adjacent to an activating group) is 1. The summed E-state index contributed by atoms with van der Waals surface area (Å²) < 4.78 is 8.32. The van der Waals surface area contributed by atoms with Crippen molar-refractivity contribution in [3.8, 4) is 0 Å². The summed E-state index contributed by atoms with van der Waals surface area (Å²) in [7, 11) is 1.70. The van der Waals surface area contributed by atoms with Crippen LogP contribution in [0, 0.1) is 11.8 Å². The first-order chi connectivity index (χ1) is 17.3. The third-order valence-corrected chi connectivity index (χ3v) is 7.91. The van der Waals surface area contributed by atoms with Crippen LogP contribution in [0.5, 0.6) is 0 Å². The lowest BCUT2D eigenvalue weighted by Gasteiger charge is -2.37. The Morgan fingerprint density at radius 2 is 1.83 bits per heavy atom. The fraction of sp³-hybridized carbons (Fsp3) is 0.480. The molecule has 1 aromatic heterocycles. The molecule has 0 aliphatic carbocycles. The molecule has 188 valence electrons. The van der Waals surface area contributed by atoms with E-state index in [1.165, 1.54) is 4.90 Å². The van der Waals surface area contributed by atoms with Crippen LogP contribution in [0.1, 0.15) is 6.92 Å². The monoisotopic (exact) mass is 492 g/mol. The first-order valence-electron chi connectivity index (χ1n) is 12.1. The number of aromatic nitrogens is 3. The number of hydrogen-bond donors (Lipinski definition) is 1. The highest BCUT2D eigenvalue weighted by atomic mass is 16.5. The number of aliphatic hydroxyl groups is 1. The molecule has 1 N–H and O–H groups in total. The average Bonchev–Trinajstić information content (AvgIpc) is 3.38. The molecule has 0 bridgehead atoms. The van der Waals surface area contributed by atoms with Crippen molar-refractivity contribution in [2.24, 2.45) is 11.8 Å². The number of amides is 3. The van der Waals surface area contributed by atoms with E-state index in [1.807, 2.05) is 49.4 Å². The van der Waals surface area contributed by atoms with Crippen LogP contribution in [0.4, 0.5) is 0 Å². The van der Waals surface area contributed by atoms with Gasteiger partial charge >= 0.3 is 0 Å². The largest absolute Gasteiger partial charge is 0.395 e. The molecule has 36 heavy (non-hydrogen) atoms. The van der Waals surface area contributed by atoms with Crippen LogP contribution in [-0.2, 0) is 25.8 Å². The van der Waals surface area contributed by atoms with Gasteiger partial charge in [0.2, 0.25) is 11.8 Å². The Hall–Kier alpha value is -3.57. The minimum Gasteiger partial charge on any atom is -0.395 e. The number of hydrogen-bond acceptors (Lipinski definition) is 7. The van der Waals surface area contributed by atoms with Crippen molar-refractivity contribution in [1.82, 2.24) is 29.7 Å². The maximum atomic E-state index is 14.1. The fourth-order valence-corrected chi connectivity index (χ4v) is 6.35. The van der Waals surface area contributed by atoms with Crippen LogP contribution in [0.2, 0.25) is 0 Å². The molecule has 5 atom stereocenters. The third kappa shape index (κ3) is 3.02. The van der Waals surface area contributed by atoms with Crippen molar-refractivity contribution >= 4 is 28.8 Å². The smallest absolute Gasteiger partial charge is 0.250 e. The van der Waals surface area contributed by atoms with E-state index in [9.17, 15) is 19.5 Å². The van der Waals surface area contributed by atoms with Crippen molar-refractivity contribution in [3.05, 3.63) is 48.6 Å². The van der Waals surface area contributed by atoms with Gasteiger partial charge in [0.1, 0.15) is 23.8 Å². The molecule has 5 heterocycles. The lowest BCUT2D eigenvalue weighted by Crippen LogP contribution is -2.56. The lowest BCUT2D eigenvalue weighted by molar-refractivity contribution is -0.153. The summed E-state index contributed by atoms with van der Waals surface area (Å²) in [5.74, 6) is -2.55. The molecule has 2 saturated heterocycles. The van der Waals surface area contributed by atoms with Crippen molar-refractivity contribution in [1.29, 1.82) is 0 Å². The molecule has 2 aromatic rings. The molecule has 1 aromatic carbocycles. The highest BCUT2D eigenvalue weighted by Gasteiger charge is 2.74. The first-order valence-corrected chi connectivity index (χ1v) is 12.1. The molecule has 1 unspecified atom stereocenters. The van der Waals surface area contributed by atoms with Gasteiger partial charge in [-0.15, -0.1) is 5.10 Å². The van der Waals surface area contributed by atoms with Gasteiger partial charge in [-0.3, -0.25) is 14.4 Å². The van der Waals surface area contributed by atoms with Gasteiger partial charge < -0.3 is 24.5 Å². The standard InChI is InChI=1S/C25H28N6O5/c1-24-9-5-11-28(2)21(33)18(24)19-22(34)30(13-14-32)20-23(35)29(12-6-10-25(19,20)36-24)15-31-17-8-4-3-7-16(17)26-27-31/h3-10,18-20,32H,11-15H2,1-2H3/t18-,19+,20?,24+,25+/m1/s1. The van der Waals surface area contributed by atoms with E-state index in [2.05, 4.69) is 10.3 Å². The van der Waals surface area contributed by atoms with E-state index in [-0.39, 0.29) is 44.1 Å². The summed E-state index contributed by atoms with van der Waals surface area (Å²) in [4.78, 5) is 46.0. The summed E-state index contributed by atoms with van der Waals surface area (Å²) in [5, 5.41) is 18.2. The molecule has 2 fully saturated rings. The Balaban J connectivity index is 1.43. The minimum atomic E-state index is -1.33. The zero-order valence-corrected chi connectivity index (χ0v) is 20.1. The Morgan fingerprint density at radius 3 is 2.64 bits per heavy atom. The molecule has 11 heteroatoms. The highest BCUT2D eigenvalue weighted by molar-refractivity contribution is 6.00. The van der Waals surface area contributed by atoms with Crippen LogP contribution < -0.4 is 0 Å². The van der Waals surface area contributed by atoms with E-state index in [0.717, 1.165) is 5.52 Å². The number of fused-ring (bicyclic) bond motifs is 3. The molecule has 6 rings (SSSR count). The van der Waals surface area contributed by atoms with Crippen LogP contribution in [-0.4, -0.2) is 103 Å². The number of para-hydroxylation sites is 1. The predicted molar refractivity (Wildman–Crippen MR) is 127 cm³/mol. The summed E-state index contributed by atoms with van der Waals surface area (Å²) in [6.07, 6.45) is 7.32. The Kier molecular flexibility index (Phi) is 5.06. The van der Waals surface area contributed by atoms with E-state index in [4.69, 9.17) is 4.74 Å². The summed E-state index contributed by atoms with van der Waals surface area (Å²) in [6, 6.07) is 6.45. The predicted octanol–water partition coefficient (Wildman–Crippen LogP) is -0.221. The molecule has 4 aliphatic heterocycles. The third-order valence-electron chi connectivity index (χ3n) is 7.91. The van der Waals surface area contributed by atoms with Gasteiger partial charge in [-0.05, 0) is 19.1 Å². The van der Waals surface area contributed by atoms with Crippen molar-refractivity contribution in [2.45, 2.75) is 30.8 Å². The maximum Gasteiger partial charge on any atom is 0.250 e. The number of carbonyl (C=O) groups is 3. The Labute approximate surface area is 207 Å². The highest BCUT2D eigenvalue weighted by Crippen LogP contribution is 2.57. The number of ether oxygens (including phenoxy) is 1. The fourth-order valence-electron chi connectivity index (χ4n) is 6.35. The van der Waals surface area contributed by atoms with Crippen LogP contribution in [0.15, 0.2) is 48.6 Å². The zero-order valence-electron chi connectivity index (χ0n) is 20.1. The van der Waals surface area contributed by atoms with Gasteiger partial charge in [0, 0.05) is 26.7 Å². The summed E-state index contributed by atoms with van der Waals surface area (Å²) in [5.41, 5.74) is -0.883. The minimum absolute atomic E-state index is 0.0336. The van der Waals surface area contributed by atoms with Crippen molar-refractivity contribution < 1.29 is 24.2 Å². The second-order valence-electron chi connectivity index (χ2n) is 10.1. The van der Waals surface area contributed by atoms with E-state index in [1.54, 1.807) is 27.6 Å². The van der Waals surface area contributed by atoms with Crippen LogP contribution >= 0.6 is 0 Å². The van der Waals surface area contributed by atoms with E-state index in [0.29, 0.717) is 12.1 Å². The summed E-state index contributed by atoms with van der Waals surface area (Å²) >= 11 is 0. The zero-order chi connectivity index (χ0) is 25.2. The van der Waals surface area contributed by atoms with Crippen LogP contribution in [0.3, 0.4) is 0 Å². The second-order valence-corrected chi connectivity index (χ2v) is 10.1. The van der Waals surface area contributed by atoms with Gasteiger partial charge in [0.25, 0.3) is 5.91 Å².